The van der Waals surface area contributed by atoms with Gasteiger partial charge in [0.05, 0.1) is 14.2 Å². The van der Waals surface area contributed by atoms with Crippen LogP contribution in [0, 0.1) is 0 Å². The molecule has 0 fully saturated rings. The maximum Gasteiger partial charge on any atom is 0.236 e. The number of ether oxygens (including phenoxy) is 2. The molecule has 0 atom stereocenters. The first-order chi connectivity index (χ1) is 9.24. The molecule has 3 rings (SSSR count). The Morgan fingerprint density at radius 3 is 2.47 bits per heavy atom. The lowest BCUT2D eigenvalue weighted by molar-refractivity contribution is 0.396. The van der Waals surface area contributed by atoms with E-state index in [-0.39, 0.29) is 0 Å². The van der Waals surface area contributed by atoms with Crippen LogP contribution in [0.15, 0.2) is 18.2 Å². The summed E-state index contributed by atoms with van der Waals surface area (Å²) >= 11 is 1.27. The molecular weight excluding hydrogens is 266 g/mol. The lowest BCUT2D eigenvalue weighted by atomic mass is 10.1. The van der Waals surface area contributed by atoms with E-state index in [9.17, 15) is 0 Å². The van der Waals surface area contributed by atoms with Gasteiger partial charge in [0.2, 0.25) is 10.1 Å². The van der Waals surface area contributed by atoms with E-state index in [1.165, 1.54) is 11.3 Å². The number of methoxy groups -OCH3 is 2. The molecule has 0 spiro atoms. The van der Waals surface area contributed by atoms with E-state index in [0.717, 1.165) is 0 Å². The van der Waals surface area contributed by atoms with Crippen molar-refractivity contribution in [3.63, 3.8) is 0 Å². The second-order valence-electron chi connectivity index (χ2n) is 3.70. The molecule has 0 aliphatic heterocycles. The highest BCUT2D eigenvalue weighted by molar-refractivity contribution is 7.20. The molecule has 98 valence electrons. The summed E-state index contributed by atoms with van der Waals surface area (Å²) in [6.45, 7) is 0. The highest BCUT2D eigenvalue weighted by Crippen LogP contribution is 2.37. The zero-order valence-electron chi connectivity index (χ0n) is 10.3. The number of nitrogen functional groups attached to an aromatic ring is 1. The Morgan fingerprint density at radius 1 is 1.16 bits per heavy atom. The van der Waals surface area contributed by atoms with Crippen LogP contribution in [0.5, 0.6) is 11.5 Å². The summed E-state index contributed by atoms with van der Waals surface area (Å²) < 4.78 is 12.3. The number of fused-ring (bicyclic) bond motifs is 1. The van der Waals surface area contributed by atoms with Gasteiger partial charge in [0.25, 0.3) is 0 Å². The fourth-order valence-corrected chi connectivity index (χ4v) is 2.46. The first-order valence-electron chi connectivity index (χ1n) is 5.43. The molecule has 7 nitrogen and oxygen atoms in total. The zero-order chi connectivity index (χ0) is 13.4. The van der Waals surface area contributed by atoms with Crippen LogP contribution in [0.25, 0.3) is 16.3 Å². The average Bonchev–Trinajstić information content (AvgIpc) is 2.96. The van der Waals surface area contributed by atoms with Gasteiger partial charge in [-0.2, -0.15) is 4.52 Å². The molecule has 0 amide bonds. The summed E-state index contributed by atoms with van der Waals surface area (Å²) in [5, 5.41) is 12.8. The third kappa shape index (κ3) is 1.76. The average molecular weight is 277 g/mol. The summed E-state index contributed by atoms with van der Waals surface area (Å²) in [6, 6.07) is 5.50. The van der Waals surface area contributed by atoms with E-state index < -0.39 is 0 Å². The summed E-state index contributed by atoms with van der Waals surface area (Å²) in [5.74, 6) is 1.82. The summed E-state index contributed by atoms with van der Waals surface area (Å²) in [7, 11) is 3.18. The lowest BCUT2D eigenvalue weighted by Crippen LogP contribution is -1.98. The third-order valence-corrected chi connectivity index (χ3v) is 3.39. The normalized spacial score (nSPS) is 10.8. The predicted molar refractivity (Wildman–Crippen MR) is 71.6 cm³/mol. The molecule has 0 bridgehead atoms. The molecule has 0 saturated heterocycles. The molecule has 1 aromatic carbocycles. The van der Waals surface area contributed by atoms with E-state index in [1.54, 1.807) is 18.7 Å². The second-order valence-corrected chi connectivity index (χ2v) is 4.68. The van der Waals surface area contributed by atoms with Gasteiger partial charge in [-0.1, -0.05) is 17.4 Å². The third-order valence-electron chi connectivity index (χ3n) is 2.66. The fraction of sp³-hybridized carbons (Fsp3) is 0.182. The molecule has 0 aliphatic rings. The van der Waals surface area contributed by atoms with Crippen molar-refractivity contribution < 1.29 is 9.47 Å². The smallest absolute Gasteiger partial charge is 0.236 e. The van der Waals surface area contributed by atoms with Crippen molar-refractivity contribution >= 4 is 21.4 Å². The van der Waals surface area contributed by atoms with Gasteiger partial charge in [0.1, 0.15) is 17.1 Å². The van der Waals surface area contributed by atoms with Gasteiger partial charge >= 0.3 is 0 Å². The van der Waals surface area contributed by atoms with Crippen LogP contribution in [0.2, 0.25) is 0 Å². The van der Waals surface area contributed by atoms with Crippen LogP contribution in [0.3, 0.4) is 0 Å². The predicted octanol–water partition coefficient (Wildman–Crippen LogP) is 1.45. The summed E-state index contributed by atoms with van der Waals surface area (Å²) in [5.41, 5.74) is 6.38. The first kappa shape index (κ1) is 11.7. The van der Waals surface area contributed by atoms with Crippen LogP contribution in [-0.2, 0) is 0 Å². The van der Waals surface area contributed by atoms with Gasteiger partial charge in [-0.15, -0.1) is 15.3 Å². The van der Waals surface area contributed by atoms with Crippen molar-refractivity contribution in [2.45, 2.75) is 0 Å². The molecule has 19 heavy (non-hydrogen) atoms. The van der Waals surface area contributed by atoms with E-state index in [0.29, 0.717) is 33.0 Å². The van der Waals surface area contributed by atoms with Crippen LogP contribution in [0.4, 0.5) is 5.13 Å². The Balaban J connectivity index is 2.31. The minimum absolute atomic E-state index is 0.431. The summed E-state index contributed by atoms with van der Waals surface area (Å²) in [6.07, 6.45) is 0. The Bertz CT molecular complexity index is 714. The Morgan fingerprint density at radius 2 is 1.84 bits per heavy atom. The molecule has 3 aromatic rings. The van der Waals surface area contributed by atoms with E-state index >= 15 is 0 Å². The van der Waals surface area contributed by atoms with Crippen LogP contribution in [0.1, 0.15) is 0 Å². The van der Waals surface area contributed by atoms with Crippen molar-refractivity contribution in [1.29, 1.82) is 0 Å². The highest BCUT2D eigenvalue weighted by Gasteiger charge is 2.20. The maximum atomic E-state index is 5.68. The lowest BCUT2D eigenvalue weighted by Gasteiger charge is -2.10. The van der Waals surface area contributed by atoms with E-state index in [4.69, 9.17) is 15.2 Å². The minimum Gasteiger partial charge on any atom is -0.496 e. The van der Waals surface area contributed by atoms with E-state index in [1.807, 2.05) is 18.2 Å². The van der Waals surface area contributed by atoms with Crippen molar-refractivity contribution in [3.8, 4) is 22.9 Å². The molecule has 0 saturated carbocycles. The summed E-state index contributed by atoms with van der Waals surface area (Å²) in [4.78, 5) is 0.625. The minimum atomic E-state index is 0.431. The van der Waals surface area contributed by atoms with Gasteiger partial charge in [0, 0.05) is 0 Å². The van der Waals surface area contributed by atoms with Crippen molar-refractivity contribution in [1.82, 2.24) is 19.8 Å². The van der Waals surface area contributed by atoms with Crippen molar-refractivity contribution in [2.75, 3.05) is 20.0 Å². The van der Waals surface area contributed by atoms with Crippen LogP contribution >= 0.6 is 11.3 Å². The fourth-order valence-electron chi connectivity index (χ4n) is 1.86. The number of hydrogen-bond acceptors (Lipinski definition) is 7. The van der Waals surface area contributed by atoms with E-state index in [2.05, 4.69) is 15.3 Å². The SMILES string of the molecule is COc1cccc(OC)c1-c1nnc2sc(N)nn12. The van der Waals surface area contributed by atoms with Gasteiger partial charge < -0.3 is 15.2 Å². The Hall–Kier alpha value is -2.35. The molecule has 0 aliphatic carbocycles. The topological polar surface area (TPSA) is 87.6 Å². The van der Waals surface area contributed by atoms with Gasteiger partial charge in [0.15, 0.2) is 5.82 Å². The zero-order valence-corrected chi connectivity index (χ0v) is 11.1. The Labute approximate surface area is 112 Å². The molecule has 2 aromatic heterocycles. The van der Waals surface area contributed by atoms with Crippen LogP contribution < -0.4 is 15.2 Å². The quantitative estimate of drug-likeness (QED) is 0.779. The number of hydrogen-bond donors (Lipinski definition) is 1. The Kier molecular flexibility index (Phi) is 2.71. The van der Waals surface area contributed by atoms with Gasteiger partial charge in [-0.05, 0) is 12.1 Å². The van der Waals surface area contributed by atoms with Gasteiger partial charge in [-0.25, -0.2) is 0 Å². The largest absolute Gasteiger partial charge is 0.496 e. The number of rotatable bonds is 3. The molecule has 0 radical (unpaired) electrons. The number of benzene rings is 1. The monoisotopic (exact) mass is 277 g/mol. The number of aromatic nitrogens is 4. The number of nitrogens with zero attached hydrogens (tertiary/aromatic N) is 4. The standard InChI is InChI=1S/C11H11N5O2S/c1-17-6-4-3-5-7(18-2)8(6)9-13-14-11-16(9)15-10(12)19-11/h3-5H,1-2H3,(H2,12,15). The molecule has 0 unspecified atom stereocenters. The van der Waals surface area contributed by atoms with Gasteiger partial charge in [-0.3, -0.25) is 0 Å². The molecule has 2 N–H and O–H groups in total. The highest BCUT2D eigenvalue weighted by atomic mass is 32.1. The first-order valence-corrected chi connectivity index (χ1v) is 6.25. The maximum absolute atomic E-state index is 5.68. The van der Waals surface area contributed by atoms with Crippen molar-refractivity contribution in [2.24, 2.45) is 0 Å². The molecule has 2 heterocycles. The van der Waals surface area contributed by atoms with Crippen LogP contribution in [-0.4, -0.2) is 34.0 Å². The molecule has 8 heteroatoms. The second kappa shape index (κ2) is 4.39. The number of anilines is 1. The van der Waals surface area contributed by atoms with Crippen molar-refractivity contribution in [3.05, 3.63) is 18.2 Å². The molecular formula is C11H11N5O2S. The number of nitrogens with two attached hydrogens (primary N) is 1.